The molecule has 0 fully saturated rings. The standard InChI is InChI=1S/C13H18Cl2N2O2/c1-8(2)6-13(3,19)7-16-12(18)9-4-5-10(14)17-11(9)15/h4-5,8,19H,6-7H2,1-3H3,(H,16,18). The van der Waals surface area contributed by atoms with E-state index < -0.39 is 5.60 Å². The van der Waals surface area contributed by atoms with Crippen LogP contribution in [0, 0.1) is 5.92 Å². The molecule has 1 rings (SSSR count). The lowest BCUT2D eigenvalue weighted by Crippen LogP contribution is -2.41. The van der Waals surface area contributed by atoms with Crippen molar-refractivity contribution in [3.05, 3.63) is 28.0 Å². The third-order valence-electron chi connectivity index (χ3n) is 2.54. The number of hydrogen-bond acceptors (Lipinski definition) is 3. The fourth-order valence-electron chi connectivity index (χ4n) is 1.90. The zero-order valence-corrected chi connectivity index (χ0v) is 12.7. The molecule has 106 valence electrons. The van der Waals surface area contributed by atoms with E-state index >= 15 is 0 Å². The molecule has 4 nitrogen and oxygen atoms in total. The van der Waals surface area contributed by atoms with Crippen LogP contribution in [0.15, 0.2) is 12.1 Å². The maximum atomic E-state index is 11.9. The van der Waals surface area contributed by atoms with E-state index in [4.69, 9.17) is 23.2 Å². The normalized spacial score (nSPS) is 14.3. The number of rotatable bonds is 5. The molecule has 1 atom stereocenters. The smallest absolute Gasteiger partial charge is 0.254 e. The van der Waals surface area contributed by atoms with Crippen LogP contribution in [-0.4, -0.2) is 28.1 Å². The molecule has 0 aliphatic rings. The molecule has 0 spiro atoms. The first kappa shape index (κ1) is 16.2. The highest BCUT2D eigenvalue weighted by Crippen LogP contribution is 2.18. The average Bonchev–Trinajstić information content (AvgIpc) is 2.24. The zero-order valence-electron chi connectivity index (χ0n) is 11.2. The Kier molecular flexibility index (Phi) is 5.59. The van der Waals surface area contributed by atoms with E-state index in [-0.39, 0.29) is 28.3 Å². The molecule has 0 aliphatic carbocycles. The number of carbonyl (C=O) groups is 1. The molecule has 19 heavy (non-hydrogen) atoms. The SMILES string of the molecule is CC(C)CC(C)(O)CNC(=O)c1ccc(Cl)nc1Cl. The van der Waals surface area contributed by atoms with E-state index in [1.807, 2.05) is 13.8 Å². The molecule has 0 bridgehead atoms. The van der Waals surface area contributed by atoms with Crippen LogP contribution < -0.4 is 5.32 Å². The summed E-state index contributed by atoms with van der Waals surface area (Å²) in [5.74, 6) is -0.0362. The minimum Gasteiger partial charge on any atom is -0.388 e. The molecule has 0 aromatic carbocycles. The number of hydrogen-bond donors (Lipinski definition) is 2. The number of nitrogens with one attached hydrogen (secondary N) is 1. The molecule has 0 aliphatic heterocycles. The molecule has 1 aromatic rings. The summed E-state index contributed by atoms with van der Waals surface area (Å²) in [6.07, 6.45) is 0.597. The van der Waals surface area contributed by atoms with Crippen molar-refractivity contribution in [1.82, 2.24) is 10.3 Å². The first-order valence-electron chi connectivity index (χ1n) is 6.04. The summed E-state index contributed by atoms with van der Waals surface area (Å²) in [6, 6.07) is 3.00. The number of carbonyl (C=O) groups excluding carboxylic acids is 1. The Morgan fingerprint density at radius 2 is 2.11 bits per heavy atom. The molecular formula is C13H18Cl2N2O2. The summed E-state index contributed by atoms with van der Waals surface area (Å²) in [5.41, 5.74) is -0.706. The van der Waals surface area contributed by atoms with Crippen LogP contribution in [0.2, 0.25) is 10.3 Å². The Morgan fingerprint density at radius 3 is 2.63 bits per heavy atom. The van der Waals surface area contributed by atoms with Gasteiger partial charge in [0.2, 0.25) is 0 Å². The van der Waals surface area contributed by atoms with Gasteiger partial charge in [-0.1, -0.05) is 37.0 Å². The van der Waals surface area contributed by atoms with Crippen molar-refractivity contribution in [1.29, 1.82) is 0 Å². The number of halogens is 2. The van der Waals surface area contributed by atoms with Crippen LogP contribution in [-0.2, 0) is 0 Å². The average molecular weight is 305 g/mol. The number of aliphatic hydroxyl groups is 1. The number of amides is 1. The van der Waals surface area contributed by atoms with Crippen molar-refractivity contribution in [2.45, 2.75) is 32.8 Å². The Morgan fingerprint density at radius 1 is 1.47 bits per heavy atom. The van der Waals surface area contributed by atoms with Crippen LogP contribution >= 0.6 is 23.2 Å². The van der Waals surface area contributed by atoms with Gasteiger partial charge in [0.05, 0.1) is 11.2 Å². The quantitative estimate of drug-likeness (QED) is 0.822. The summed E-state index contributed by atoms with van der Waals surface area (Å²) in [5, 5.41) is 13.0. The Balaban J connectivity index is 2.65. The van der Waals surface area contributed by atoms with Crippen LogP contribution in [0.1, 0.15) is 37.6 Å². The Bertz CT molecular complexity index is 462. The van der Waals surface area contributed by atoms with Gasteiger partial charge in [-0.2, -0.15) is 0 Å². The summed E-state index contributed by atoms with van der Waals surface area (Å²) in [6.45, 7) is 5.87. The number of pyridine rings is 1. The maximum Gasteiger partial charge on any atom is 0.254 e. The summed E-state index contributed by atoms with van der Waals surface area (Å²) in [4.78, 5) is 15.7. The van der Waals surface area contributed by atoms with Crippen LogP contribution in [0.4, 0.5) is 0 Å². The zero-order chi connectivity index (χ0) is 14.6. The molecule has 0 radical (unpaired) electrons. The predicted octanol–water partition coefficient (Wildman–Crippen LogP) is 2.92. The number of aromatic nitrogens is 1. The molecule has 6 heteroatoms. The van der Waals surface area contributed by atoms with Crippen LogP contribution in [0.25, 0.3) is 0 Å². The van der Waals surface area contributed by atoms with Gasteiger partial charge in [-0.05, 0) is 31.4 Å². The van der Waals surface area contributed by atoms with E-state index in [9.17, 15) is 9.90 Å². The predicted molar refractivity (Wildman–Crippen MR) is 76.7 cm³/mol. The van der Waals surface area contributed by atoms with Crippen LogP contribution in [0.5, 0.6) is 0 Å². The Hall–Kier alpha value is -0.840. The monoisotopic (exact) mass is 304 g/mol. The van der Waals surface area contributed by atoms with Crippen molar-refractivity contribution in [2.75, 3.05) is 6.54 Å². The highest BCUT2D eigenvalue weighted by Gasteiger charge is 2.23. The fourth-order valence-corrected chi connectivity index (χ4v) is 2.33. The van der Waals surface area contributed by atoms with Gasteiger partial charge in [0, 0.05) is 6.54 Å². The molecule has 1 aromatic heterocycles. The second kappa shape index (κ2) is 6.55. The molecule has 1 unspecified atom stereocenters. The van der Waals surface area contributed by atoms with Gasteiger partial charge in [-0.15, -0.1) is 0 Å². The third-order valence-corrected chi connectivity index (χ3v) is 3.04. The minimum atomic E-state index is -0.948. The van der Waals surface area contributed by atoms with Crippen molar-refractivity contribution < 1.29 is 9.90 Å². The van der Waals surface area contributed by atoms with Gasteiger partial charge in [-0.25, -0.2) is 4.98 Å². The van der Waals surface area contributed by atoms with Crippen molar-refractivity contribution in [3.8, 4) is 0 Å². The lowest BCUT2D eigenvalue weighted by Gasteiger charge is -2.25. The van der Waals surface area contributed by atoms with E-state index in [0.717, 1.165) is 0 Å². The molecule has 2 N–H and O–H groups in total. The van der Waals surface area contributed by atoms with Crippen molar-refractivity contribution in [2.24, 2.45) is 5.92 Å². The van der Waals surface area contributed by atoms with Gasteiger partial charge in [0.15, 0.2) is 0 Å². The first-order chi connectivity index (χ1) is 8.71. The van der Waals surface area contributed by atoms with E-state index in [0.29, 0.717) is 12.3 Å². The van der Waals surface area contributed by atoms with Gasteiger partial charge >= 0.3 is 0 Å². The van der Waals surface area contributed by atoms with Crippen LogP contribution in [0.3, 0.4) is 0 Å². The molecule has 0 saturated carbocycles. The first-order valence-corrected chi connectivity index (χ1v) is 6.79. The lowest BCUT2D eigenvalue weighted by molar-refractivity contribution is 0.0368. The second-order valence-electron chi connectivity index (χ2n) is 5.25. The summed E-state index contributed by atoms with van der Waals surface area (Å²) in [7, 11) is 0. The molecule has 1 heterocycles. The maximum absolute atomic E-state index is 11.9. The van der Waals surface area contributed by atoms with E-state index in [1.54, 1.807) is 6.92 Å². The number of nitrogens with zero attached hydrogens (tertiary/aromatic N) is 1. The largest absolute Gasteiger partial charge is 0.388 e. The fraction of sp³-hybridized carbons (Fsp3) is 0.538. The highest BCUT2D eigenvalue weighted by molar-refractivity contribution is 6.34. The lowest BCUT2D eigenvalue weighted by atomic mass is 9.94. The van der Waals surface area contributed by atoms with Crippen molar-refractivity contribution >= 4 is 29.1 Å². The topological polar surface area (TPSA) is 62.2 Å². The highest BCUT2D eigenvalue weighted by atomic mass is 35.5. The molecule has 1 amide bonds. The molecular weight excluding hydrogens is 287 g/mol. The summed E-state index contributed by atoms with van der Waals surface area (Å²) < 4.78 is 0. The van der Waals surface area contributed by atoms with Gasteiger partial charge < -0.3 is 10.4 Å². The molecule has 0 saturated heterocycles. The summed E-state index contributed by atoms with van der Waals surface area (Å²) >= 11 is 11.5. The second-order valence-corrected chi connectivity index (χ2v) is 6.00. The van der Waals surface area contributed by atoms with Gasteiger partial charge in [0.1, 0.15) is 10.3 Å². The van der Waals surface area contributed by atoms with Crippen molar-refractivity contribution in [3.63, 3.8) is 0 Å². The third kappa shape index (κ3) is 5.35. The van der Waals surface area contributed by atoms with E-state index in [2.05, 4.69) is 10.3 Å². The van der Waals surface area contributed by atoms with Gasteiger partial charge in [0.25, 0.3) is 5.91 Å². The Labute approximate surface area is 123 Å². The van der Waals surface area contributed by atoms with Gasteiger partial charge in [-0.3, -0.25) is 4.79 Å². The van der Waals surface area contributed by atoms with E-state index in [1.165, 1.54) is 12.1 Å². The minimum absolute atomic E-state index is 0.0495.